The van der Waals surface area contributed by atoms with Crippen LogP contribution in [0.1, 0.15) is 184 Å². The number of rotatable bonds is 29. The van der Waals surface area contributed by atoms with E-state index in [2.05, 4.69) is 52.9 Å². The van der Waals surface area contributed by atoms with Gasteiger partial charge in [0.1, 0.15) is 146 Å². The molecule has 684 valence electrons. The van der Waals surface area contributed by atoms with Crippen molar-refractivity contribution in [2.75, 3.05) is 33.0 Å². The molecule has 7 aliphatic heterocycles. The molecule has 0 spiro atoms. The van der Waals surface area contributed by atoms with Crippen LogP contribution in [0.15, 0.2) is 11.6 Å². The van der Waals surface area contributed by atoms with E-state index in [9.17, 15) is 107 Å². The number of allylic oxidation sites excluding steroid dienone is 2. The number of hydrogen-bond acceptors (Lipinski definition) is 36. The van der Waals surface area contributed by atoms with Gasteiger partial charge < -0.3 is 173 Å². The molecular formula is C82H135NO36. The average molecular weight is 1710 g/mol. The maximum absolute atomic E-state index is 16.0. The fourth-order valence-electron chi connectivity index (χ4n) is 22.2. The van der Waals surface area contributed by atoms with Gasteiger partial charge >= 0.3 is 5.97 Å². The van der Waals surface area contributed by atoms with Crippen LogP contribution in [0.25, 0.3) is 0 Å². The molecule has 43 atom stereocenters. The van der Waals surface area contributed by atoms with Crippen LogP contribution in [-0.4, -0.2) is 363 Å². The normalized spacial score (nSPS) is 50.6. The summed E-state index contributed by atoms with van der Waals surface area (Å²) in [5.41, 5.74) is -4.89. The highest BCUT2D eigenvalue weighted by molar-refractivity contribution is 5.82. The first-order chi connectivity index (χ1) is 56.2. The topological polar surface area (TPSA) is 577 Å². The van der Waals surface area contributed by atoms with Crippen LogP contribution in [-0.2, 0) is 80.7 Å². The highest BCUT2D eigenvalue weighted by Crippen LogP contribution is 2.76. The maximum atomic E-state index is 16.0. The lowest BCUT2D eigenvalue weighted by Crippen LogP contribution is -2.70. The predicted molar refractivity (Wildman–Crippen MR) is 405 cm³/mol. The van der Waals surface area contributed by atoms with Crippen molar-refractivity contribution in [3.05, 3.63) is 11.6 Å². The Labute approximate surface area is 692 Å². The standard InChI is InChI=1S/C82H135NO36/c1-10-11-12-13-14-15-16-17-18-19-28-83-68(104)65-60(102)63(114-70-57(99)50(92)41(88)34-107-70)67(118-72-59(101)54(96)52(94)43(32-85)111-72)75(116-65)112-47-23-24-78(6)44(79(47,7)35-86)22-25-80(8)45(78)21-20-38-39-29-77(4,5)26-27-82(39,46(89)30-81(38,80)9)76(105)119-74-66(55(97)48(90)36(2)108-74)117-73-61(103)64(115-71-58(100)53(95)51(93)42(31-84)110-71)62(37(3)109-73)113-69-56(98)49(91)40(87)33-106-69/h20,35-37,39-67,69-75,84-85,87-103H,10-19,21-34H2,1-9H3,(H,83,104)/t36-,37-,39+,40-,41-,42-,43-,44-,45-,46-,47+,48+,49+,50+,51-,52+,53+,54+,55+,56-,57-,58-,59-,60+,61-,62+,63+,64+,65+,66-,67-,69+,70+,71+,72+,73+,74+,75-,78+,79+,80-,81-,82-/m1/s1. The molecule has 0 bridgehead atoms. The number of ether oxygens (including phenoxy) is 14. The summed E-state index contributed by atoms with van der Waals surface area (Å²) in [4.78, 5) is 45.2. The Balaban J connectivity index is 0.810. The number of esters is 1. The van der Waals surface area contributed by atoms with Gasteiger partial charge in [0.2, 0.25) is 6.29 Å². The molecular weight excluding hydrogens is 1570 g/mol. The number of aliphatic hydroxyl groups is 19. The summed E-state index contributed by atoms with van der Waals surface area (Å²) in [5.74, 6) is -3.16. The Morgan fingerprint density at radius 1 is 0.479 bits per heavy atom. The third kappa shape index (κ3) is 18.2. The maximum Gasteiger partial charge on any atom is 0.317 e. The van der Waals surface area contributed by atoms with Gasteiger partial charge in [-0.3, -0.25) is 9.59 Å². The second-order valence-electron chi connectivity index (χ2n) is 37.7. The number of fused-ring (bicyclic) bond motifs is 7. The molecule has 7 saturated heterocycles. The number of nitrogens with one attached hydrogen (secondary N) is 1. The van der Waals surface area contributed by atoms with E-state index in [4.69, 9.17) is 66.3 Å². The quantitative estimate of drug-likeness (QED) is 0.0116. The van der Waals surface area contributed by atoms with E-state index in [-0.39, 0.29) is 31.7 Å². The summed E-state index contributed by atoms with van der Waals surface area (Å²) in [6.45, 7) is 14.7. The fourth-order valence-corrected chi connectivity index (χ4v) is 22.2. The average Bonchev–Trinajstić information content (AvgIpc) is 0.669. The molecule has 0 unspecified atom stereocenters. The minimum atomic E-state index is -2.13. The van der Waals surface area contributed by atoms with Gasteiger partial charge in [-0.15, -0.1) is 0 Å². The van der Waals surface area contributed by atoms with Crippen LogP contribution in [0.2, 0.25) is 0 Å². The number of amides is 1. The molecule has 12 aliphatic rings. The van der Waals surface area contributed by atoms with E-state index in [1.807, 2.05) is 0 Å². The molecule has 12 rings (SSSR count). The predicted octanol–water partition coefficient (Wildman–Crippen LogP) is -3.03. The summed E-state index contributed by atoms with van der Waals surface area (Å²) in [6.07, 6.45) is -46.6. The van der Waals surface area contributed by atoms with Crippen molar-refractivity contribution in [2.45, 2.75) is 399 Å². The van der Waals surface area contributed by atoms with E-state index in [1.165, 1.54) is 33.1 Å². The first kappa shape index (κ1) is 95.2. The van der Waals surface area contributed by atoms with Crippen molar-refractivity contribution >= 4 is 18.2 Å². The first-order valence-corrected chi connectivity index (χ1v) is 43.1. The van der Waals surface area contributed by atoms with Crippen LogP contribution >= 0.6 is 0 Å². The van der Waals surface area contributed by atoms with Gasteiger partial charge in [-0.2, -0.15) is 0 Å². The third-order valence-electron chi connectivity index (χ3n) is 29.7. The molecule has 1 amide bonds. The van der Waals surface area contributed by atoms with Crippen LogP contribution in [0, 0.1) is 50.2 Å². The lowest BCUT2D eigenvalue weighted by molar-refractivity contribution is -0.394. The summed E-state index contributed by atoms with van der Waals surface area (Å²) in [7, 11) is 0. The van der Waals surface area contributed by atoms with Crippen LogP contribution < -0.4 is 5.32 Å². The molecule has 119 heavy (non-hydrogen) atoms. The van der Waals surface area contributed by atoms with Gasteiger partial charge in [-0.05, 0) is 117 Å². The van der Waals surface area contributed by atoms with E-state index in [0.717, 1.165) is 50.4 Å². The Morgan fingerprint density at radius 2 is 0.992 bits per heavy atom. The van der Waals surface area contributed by atoms with Gasteiger partial charge in [0.25, 0.3) is 5.91 Å². The van der Waals surface area contributed by atoms with E-state index < -0.39 is 298 Å². The van der Waals surface area contributed by atoms with Crippen molar-refractivity contribution < 1.29 is 178 Å². The van der Waals surface area contributed by atoms with Gasteiger partial charge in [0.15, 0.2) is 49.9 Å². The lowest BCUT2D eigenvalue weighted by Gasteiger charge is -2.71. The molecule has 20 N–H and O–H groups in total. The van der Waals surface area contributed by atoms with Crippen molar-refractivity contribution in [3.8, 4) is 0 Å². The molecule has 11 fully saturated rings. The van der Waals surface area contributed by atoms with Crippen molar-refractivity contribution in [1.82, 2.24) is 5.32 Å². The summed E-state index contributed by atoms with van der Waals surface area (Å²) < 4.78 is 86.6. The molecule has 0 aromatic rings. The minimum absolute atomic E-state index is 0.0282. The van der Waals surface area contributed by atoms with Crippen molar-refractivity contribution in [2.24, 2.45) is 50.2 Å². The third-order valence-corrected chi connectivity index (χ3v) is 29.7. The Morgan fingerprint density at radius 3 is 1.56 bits per heavy atom. The Bertz CT molecular complexity index is 3370. The zero-order valence-electron chi connectivity index (χ0n) is 69.5. The smallest absolute Gasteiger partial charge is 0.317 e. The molecule has 37 heteroatoms. The van der Waals surface area contributed by atoms with Gasteiger partial charge in [-0.1, -0.05) is 118 Å². The fraction of sp³-hybridized carbons (Fsp3) is 0.939. The number of carbonyl (C=O) groups excluding carboxylic acids is 3. The molecule has 4 saturated carbocycles. The molecule has 37 nitrogen and oxygen atoms in total. The van der Waals surface area contributed by atoms with Crippen LogP contribution in [0.4, 0.5) is 0 Å². The number of aldehydes is 1. The minimum Gasteiger partial charge on any atom is -0.432 e. The molecule has 0 radical (unpaired) electrons. The van der Waals surface area contributed by atoms with Gasteiger partial charge in [-0.25, -0.2) is 0 Å². The molecule has 0 aromatic heterocycles. The van der Waals surface area contributed by atoms with Crippen LogP contribution in [0.5, 0.6) is 0 Å². The highest BCUT2D eigenvalue weighted by atomic mass is 16.8. The van der Waals surface area contributed by atoms with Gasteiger partial charge in [0, 0.05) is 6.54 Å². The van der Waals surface area contributed by atoms with Crippen molar-refractivity contribution in [1.29, 1.82) is 0 Å². The lowest BCUT2D eigenvalue weighted by atomic mass is 9.33. The van der Waals surface area contributed by atoms with Crippen LogP contribution in [0.3, 0.4) is 0 Å². The zero-order valence-corrected chi connectivity index (χ0v) is 69.5. The van der Waals surface area contributed by atoms with Gasteiger partial charge in [0.05, 0.1) is 56.3 Å². The van der Waals surface area contributed by atoms with E-state index >= 15 is 4.79 Å². The monoisotopic (exact) mass is 1710 g/mol. The number of carbonyl (C=O) groups is 3. The second-order valence-corrected chi connectivity index (χ2v) is 37.7. The number of unbranched alkanes of at least 4 members (excludes halogenated alkanes) is 9. The summed E-state index contributed by atoms with van der Waals surface area (Å²) >= 11 is 0. The SMILES string of the molecule is CCCCCCCCCCCCNC(=O)[C@H]1O[C@@H](O[C@H]2CC[C@]3(C)[C@H]4CC=C5[C@@H]6CC(C)(C)CC[C@]6(C(=O)O[C@@H]6O[C@H](C)[C@H](O)[C@H](O)[C@H]6O[C@@H]6O[C@H](C)[C@H](O[C@@H]7OC[C@@H](O)[C@H](O)[C@H]7O)[C@@H](O[C@@H]7O[C@H](CO)[C@@H](O)[C@H](O)[C@H]7O)[C@H]6O)[C@H](O)C[C@@]5(C)[C@]4(C)CC[C@H]3[C@]2(C)C=O)[C@H](O[C@@H]2O[C@H](CO)[C@H](O)[C@H](O)[C@H]2O)[C@@H](O[C@@H]2OC[C@@H](O)[C@H](O)[C@H]2O)[C@@H]1O. The molecule has 0 aromatic carbocycles. The Kier molecular flexibility index (Phi) is 30.8. The largest absolute Gasteiger partial charge is 0.432 e. The second kappa shape index (κ2) is 38.6. The zero-order chi connectivity index (χ0) is 86.7. The molecule has 7 heterocycles. The Hall–Kier alpha value is -2.93. The van der Waals surface area contributed by atoms with E-state index in [0.29, 0.717) is 44.9 Å². The number of aliphatic hydroxyl groups excluding tert-OH is 19. The summed E-state index contributed by atoms with van der Waals surface area (Å²) in [5, 5.41) is 216. The van der Waals surface area contributed by atoms with Crippen molar-refractivity contribution in [3.63, 3.8) is 0 Å². The highest BCUT2D eigenvalue weighted by Gasteiger charge is 2.73. The summed E-state index contributed by atoms with van der Waals surface area (Å²) in [6, 6.07) is 0. The molecule has 5 aliphatic carbocycles. The number of hydrogen-bond donors (Lipinski definition) is 20. The van der Waals surface area contributed by atoms with E-state index in [1.54, 1.807) is 6.92 Å². The first-order valence-electron chi connectivity index (χ1n) is 43.1.